The molecule has 126 valence electrons. The third-order valence-electron chi connectivity index (χ3n) is 3.69. The van der Waals surface area contributed by atoms with E-state index in [0.29, 0.717) is 0 Å². The molecule has 7 heteroatoms. The first-order valence-electron chi connectivity index (χ1n) is 7.31. The van der Waals surface area contributed by atoms with Crippen LogP contribution in [0.2, 0.25) is 0 Å². The standard InChI is InChI=1S/C18H13FN2O4/c1-25-18(24)10-5-2-3-8-14(10)21-17(23)12-9-20-15-11(16(12)22)6-4-7-13(15)19/h2-9H,1H3,(H,20,22)(H,21,23). The summed E-state index contributed by atoms with van der Waals surface area (Å²) in [4.78, 5) is 39.3. The van der Waals surface area contributed by atoms with E-state index in [0.717, 1.165) is 6.20 Å². The Morgan fingerprint density at radius 3 is 2.60 bits per heavy atom. The number of rotatable bonds is 3. The molecule has 0 bridgehead atoms. The van der Waals surface area contributed by atoms with Crippen molar-refractivity contribution < 1.29 is 18.7 Å². The van der Waals surface area contributed by atoms with Gasteiger partial charge in [0.15, 0.2) is 0 Å². The van der Waals surface area contributed by atoms with Crippen LogP contribution in [0.5, 0.6) is 0 Å². The number of hydrogen-bond acceptors (Lipinski definition) is 4. The minimum atomic E-state index is -0.719. The van der Waals surface area contributed by atoms with Crippen molar-refractivity contribution in [2.45, 2.75) is 0 Å². The van der Waals surface area contributed by atoms with Gasteiger partial charge in [0.05, 0.1) is 23.9 Å². The number of carbonyl (C=O) groups excluding carboxylic acids is 2. The molecule has 0 aliphatic heterocycles. The number of aromatic amines is 1. The molecule has 0 aliphatic carbocycles. The van der Waals surface area contributed by atoms with Crippen LogP contribution in [0.25, 0.3) is 10.9 Å². The third-order valence-corrected chi connectivity index (χ3v) is 3.69. The molecule has 0 radical (unpaired) electrons. The van der Waals surface area contributed by atoms with Crippen LogP contribution in [0.15, 0.2) is 53.5 Å². The first kappa shape index (κ1) is 16.4. The summed E-state index contributed by atoms with van der Waals surface area (Å²) >= 11 is 0. The molecule has 1 amide bonds. The van der Waals surface area contributed by atoms with E-state index in [1.807, 2.05) is 0 Å². The zero-order valence-corrected chi connectivity index (χ0v) is 13.1. The maximum absolute atomic E-state index is 13.7. The molecule has 0 unspecified atom stereocenters. The number of amides is 1. The number of ether oxygens (including phenoxy) is 1. The number of aromatic nitrogens is 1. The van der Waals surface area contributed by atoms with Gasteiger partial charge in [0.25, 0.3) is 5.91 Å². The van der Waals surface area contributed by atoms with Gasteiger partial charge in [0.2, 0.25) is 5.43 Å². The molecule has 0 atom stereocenters. The van der Waals surface area contributed by atoms with Crippen molar-refractivity contribution in [1.82, 2.24) is 4.98 Å². The lowest BCUT2D eigenvalue weighted by atomic mass is 10.1. The van der Waals surface area contributed by atoms with Crippen molar-refractivity contribution in [3.8, 4) is 0 Å². The molecule has 0 aliphatic rings. The second-order valence-electron chi connectivity index (χ2n) is 5.19. The third kappa shape index (κ3) is 2.99. The summed E-state index contributed by atoms with van der Waals surface area (Å²) in [5, 5.41) is 2.57. The fourth-order valence-corrected chi connectivity index (χ4v) is 2.45. The number of H-pyrrole nitrogens is 1. The summed E-state index contributed by atoms with van der Waals surface area (Å²) in [6.45, 7) is 0. The zero-order valence-electron chi connectivity index (χ0n) is 13.1. The molecule has 2 N–H and O–H groups in total. The van der Waals surface area contributed by atoms with Gasteiger partial charge in [0.1, 0.15) is 11.4 Å². The number of fused-ring (bicyclic) bond motifs is 1. The lowest BCUT2D eigenvalue weighted by Gasteiger charge is -2.10. The molecule has 1 aromatic heterocycles. The Labute approximate surface area is 141 Å². The Morgan fingerprint density at radius 1 is 1.08 bits per heavy atom. The molecule has 3 aromatic rings. The second-order valence-corrected chi connectivity index (χ2v) is 5.19. The molecule has 0 fully saturated rings. The molecule has 0 spiro atoms. The van der Waals surface area contributed by atoms with E-state index in [4.69, 9.17) is 0 Å². The first-order valence-corrected chi connectivity index (χ1v) is 7.31. The fourth-order valence-electron chi connectivity index (χ4n) is 2.45. The number of pyridine rings is 1. The van der Waals surface area contributed by atoms with Crippen LogP contribution >= 0.6 is 0 Å². The lowest BCUT2D eigenvalue weighted by molar-refractivity contribution is 0.0602. The minimum Gasteiger partial charge on any atom is -0.465 e. The number of carbonyl (C=O) groups is 2. The van der Waals surface area contributed by atoms with E-state index < -0.39 is 23.1 Å². The van der Waals surface area contributed by atoms with E-state index in [1.54, 1.807) is 12.1 Å². The van der Waals surface area contributed by atoms with Crippen LogP contribution in [0.4, 0.5) is 10.1 Å². The predicted molar refractivity (Wildman–Crippen MR) is 90.3 cm³/mol. The molecule has 3 rings (SSSR count). The maximum Gasteiger partial charge on any atom is 0.339 e. The average molecular weight is 340 g/mol. The van der Waals surface area contributed by atoms with Gasteiger partial charge in [0, 0.05) is 11.6 Å². The summed E-state index contributed by atoms with van der Waals surface area (Å²) in [6, 6.07) is 10.3. The van der Waals surface area contributed by atoms with Gasteiger partial charge in [-0.15, -0.1) is 0 Å². The van der Waals surface area contributed by atoms with Gasteiger partial charge in [-0.3, -0.25) is 9.59 Å². The van der Waals surface area contributed by atoms with E-state index in [9.17, 15) is 18.8 Å². The Hall–Kier alpha value is -3.48. The number of nitrogens with one attached hydrogen (secondary N) is 2. The quantitative estimate of drug-likeness (QED) is 0.718. The summed E-state index contributed by atoms with van der Waals surface area (Å²) in [5.74, 6) is -1.92. The minimum absolute atomic E-state index is 0.0269. The molecule has 2 aromatic carbocycles. The van der Waals surface area contributed by atoms with Crippen molar-refractivity contribution in [1.29, 1.82) is 0 Å². The Kier molecular flexibility index (Phi) is 4.30. The van der Waals surface area contributed by atoms with Crippen LogP contribution < -0.4 is 10.7 Å². The molecular formula is C18H13FN2O4. The summed E-state index contributed by atoms with van der Waals surface area (Å²) in [7, 11) is 1.23. The van der Waals surface area contributed by atoms with Crippen molar-refractivity contribution in [3.05, 3.63) is 75.8 Å². The molecule has 6 nitrogen and oxygen atoms in total. The Bertz CT molecular complexity index is 1040. The highest BCUT2D eigenvalue weighted by atomic mass is 19.1. The van der Waals surface area contributed by atoms with E-state index >= 15 is 0 Å². The normalized spacial score (nSPS) is 10.5. The number of para-hydroxylation sites is 2. The highest BCUT2D eigenvalue weighted by molar-refractivity contribution is 6.08. The molecule has 25 heavy (non-hydrogen) atoms. The number of hydrogen-bond donors (Lipinski definition) is 2. The summed E-state index contributed by atoms with van der Waals surface area (Å²) in [5.41, 5.74) is -0.419. The Morgan fingerprint density at radius 2 is 1.84 bits per heavy atom. The summed E-state index contributed by atoms with van der Waals surface area (Å²) in [6.07, 6.45) is 1.14. The van der Waals surface area contributed by atoms with Crippen LogP contribution in [-0.2, 0) is 4.74 Å². The van der Waals surface area contributed by atoms with Crippen molar-refractivity contribution in [3.63, 3.8) is 0 Å². The number of esters is 1. The maximum atomic E-state index is 13.7. The van der Waals surface area contributed by atoms with Crippen LogP contribution in [0.1, 0.15) is 20.7 Å². The number of methoxy groups -OCH3 is 1. The summed E-state index contributed by atoms with van der Waals surface area (Å²) < 4.78 is 18.4. The van der Waals surface area contributed by atoms with Crippen molar-refractivity contribution in [2.24, 2.45) is 0 Å². The smallest absolute Gasteiger partial charge is 0.339 e. The highest BCUT2D eigenvalue weighted by Crippen LogP contribution is 2.17. The van der Waals surface area contributed by atoms with E-state index in [-0.39, 0.29) is 27.7 Å². The van der Waals surface area contributed by atoms with Crippen molar-refractivity contribution in [2.75, 3.05) is 12.4 Å². The zero-order chi connectivity index (χ0) is 18.0. The monoisotopic (exact) mass is 340 g/mol. The lowest BCUT2D eigenvalue weighted by Crippen LogP contribution is -2.23. The fraction of sp³-hybridized carbons (Fsp3) is 0.0556. The van der Waals surface area contributed by atoms with Crippen LogP contribution in [-0.4, -0.2) is 24.0 Å². The number of benzene rings is 2. The van der Waals surface area contributed by atoms with E-state index in [2.05, 4.69) is 15.0 Å². The predicted octanol–water partition coefficient (Wildman–Crippen LogP) is 2.71. The van der Waals surface area contributed by atoms with Gasteiger partial charge in [-0.25, -0.2) is 9.18 Å². The van der Waals surface area contributed by atoms with Gasteiger partial charge >= 0.3 is 5.97 Å². The SMILES string of the molecule is COC(=O)c1ccccc1NC(=O)c1c[nH]c2c(F)cccc2c1=O. The number of halogens is 1. The van der Waals surface area contributed by atoms with E-state index in [1.165, 1.54) is 37.4 Å². The largest absolute Gasteiger partial charge is 0.465 e. The molecule has 0 saturated heterocycles. The first-order chi connectivity index (χ1) is 12.0. The Balaban J connectivity index is 2.01. The average Bonchev–Trinajstić information content (AvgIpc) is 2.62. The van der Waals surface area contributed by atoms with Gasteiger partial charge in [-0.1, -0.05) is 18.2 Å². The van der Waals surface area contributed by atoms with Crippen LogP contribution in [0, 0.1) is 5.82 Å². The molecule has 1 heterocycles. The van der Waals surface area contributed by atoms with Crippen molar-refractivity contribution >= 4 is 28.5 Å². The highest BCUT2D eigenvalue weighted by Gasteiger charge is 2.18. The van der Waals surface area contributed by atoms with Gasteiger partial charge in [-0.05, 0) is 24.3 Å². The number of anilines is 1. The van der Waals surface area contributed by atoms with Gasteiger partial charge in [-0.2, -0.15) is 0 Å². The molecule has 0 saturated carbocycles. The van der Waals surface area contributed by atoms with Gasteiger partial charge < -0.3 is 15.0 Å². The molecular weight excluding hydrogens is 327 g/mol. The van der Waals surface area contributed by atoms with Crippen LogP contribution in [0.3, 0.4) is 0 Å². The second kappa shape index (κ2) is 6.56. The topological polar surface area (TPSA) is 88.3 Å².